The Kier molecular flexibility index (Phi) is 5.07. The second kappa shape index (κ2) is 7.82. The van der Waals surface area contributed by atoms with E-state index >= 15 is 0 Å². The predicted octanol–water partition coefficient (Wildman–Crippen LogP) is 4.94. The van der Waals surface area contributed by atoms with Crippen LogP contribution in [0.2, 0.25) is 5.02 Å². The molecule has 144 valence electrons. The lowest BCUT2D eigenvalue weighted by atomic mass is 10.1. The Hall–Kier alpha value is -3.56. The third-order valence-corrected chi connectivity index (χ3v) is 4.80. The van der Waals surface area contributed by atoms with Gasteiger partial charge in [-0.3, -0.25) is 20.2 Å². The van der Waals surface area contributed by atoms with Gasteiger partial charge in [-0.25, -0.2) is 9.98 Å². The molecule has 8 nitrogen and oxygen atoms in total. The normalized spacial score (nSPS) is 11.6. The number of nitro groups is 1. The lowest BCUT2D eigenvalue weighted by Crippen LogP contribution is -2.21. The average Bonchev–Trinajstić information content (AvgIpc) is 3.20. The van der Waals surface area contributed by atoms with Crippen molar-refractivity contribution in [2.24, 2.45) is 4.99 Å². The average molecular weight is 427 g/mol. The number of nitrogens with zero attached hydrogens (tertiary/aromatic N) is 3. The number of carbonyl (C=O) groups is 1. The first-order chi connectivity index (χ1) is 14.0. The molecule has 0 bridgehead atoms. The fourth-order valence-corrected chi connectivity index (χ4v) is 3.30. The Morgan fingerprint density at radius 3 is 2.83 bits per heavy atom. The number of benzene rings is 2. The number of carbonyl (C=O) groups excluding carboxylic acids is 1. The molecule has 10 heteroatoms. The molecule has 0 saturated heterocycles. The van der Waals surface area contributed by atoms with Gasteiger partial charge in [0.15, 0.2) is 5.13 Å². The van der Waals surface area contributed by atoms with E-state index in [1.807, 2.05) is 0 Å². The van der Waals surface area contributed by atoms with Crippen LogP contribution in [0.25, 0.3) is 11.0 Å². The van der Waals surface area contributed by atoms with Gasteiger partial charge >= 0.3 is 0 Å². The molecule has 0 radical (unpaired) electrons. The maximum Gasteiger partial charge on any atom is 0.270 e. The van der Waals surface area contributed by atoms with Crippen LogP contribution in [0.15, 0.2) is 69.5 Å². The van der Waals surface area contributed by atoms with Gasteiger partial charge in [0.2, 0.25) is 5.55 Å². The summed E-state index contributed by atoms with van der Waals surface area (Å²) in [6.07, 6.45) is 1.56. The van der Waals surface area contributed by atoms with Crippen LogP contribution in [0.1, 0.15) is 10.4 Å². The van der Waals surface area contributed by atoms with E-state index in [2.05, 4.69) is 15.3 Å². The minimum atomic E-state index is -0.515. The van der Waals surface area contributed by atoms with E-state index in [1.165, 1.54) is 35.6 Å². The molecule has 2 aromatic heterocycles. The van der Waals surface area contributed by atoms with Crippen LogP contribution in [-0.4, -0.2) is 15.8 Å². The maximum absolute atomic E-state index is 12.8. The quantitative estimate of drug-likeness (QED) is 0.367. The Bertz CT molecular complexity index is 1300. The number of fused-ring (bicyclic) bond motifs is 1. The number of hydrogen-bond acceptors (Lipinski definition) is 7. The van der Waals surface area contributed by atoms with E-state index < -0.39 is 10.8 Å². The van der Waals surface area contributed by atoms with Crippen molar-refractivity contribution in [2.45, 2.75) is 0 Å². The van der Waals surface area contributed by atoms with Gasteiger partial charge in [-0.2, -0.15) is 0 Å². The van der Waals surface area contributed by atoms with Crippen LogP contribution in [0, 0.1) is 10.1 Å². The molecule has 0 unspecified atom stereocenters. The van der Waals surface area contributed by atoms with Crippen molar-refractivity contribution in [1.29, 1.82) is 0 Å². The molecule has 2 aromatic carbocycles. The van der Waals surface area contributed by atoms with Gasteiger partial charge in [0, 0.05) is 34.1 Å². The third-order valence-electron chi connectivity index (χ3n) is 3.88. The fraction of sp³-hybridized carbons (Fsp3) is 0. The van der Waals surface area contributed by atoms with Crippen molar-refractivity contribution in [3.05, 3.63) is 86.4 Å². The molecule has 0 aliphatic carbocycles. The van der Waals surface area contributed by atoms with Gasteiger partial charge in [-0.05, 0) is 30.3 Å². The largest absolute Gasteiger partial charge is 0.438 e. The maximum atomic E-state index is 12.8. The monoisotopic (exact) mass is 426 g/mol. The van der Waals surface area contributed by atoms with E-state index in [9.17, 15) is 14.9 Å². The van der Waals surface area contributed by atoms with Crippen LogP contribution in [0.4, 0.5) is 16.5 Å². The Labute approximate surface area is 172 Å². The van der Waals surface area contributed by atoms with Crippen LogP contribution in [-0.2, 0) is 0 Å². The summed E-state index contributed by atoms with van der Waals surface area (Å²) >= 11 is 7.27. The minimum absolute atomic E-state index is 0.0441. The fourth-order valence-electron chi connectivity index (χ4n) is 2.59. The summed E-state index contributed by atoms with van der Waals surface area (Å²) in [5.41, 5.74) is 0.877. The second-order valence-electron chi connectivity index (χ2n) is 5.83. The molecule has 0 atom stereocenters. The molecule has 1 amide bonds. The first kappa shape index (κ1) is 18.8. The molecule has 2 heterocycles. The molecule has 0 fully saturated rings. The van der Waals surface area contributed by atoms with Crippen molar-refractivity contribution < 1.29 is 14.1 Å². The first-order valence-electron chi connectivity index (χ1n) is 8.23. The standard InChI is InChI=1S/C19H11ClN4O4S/c20-12-2-1-3-13(10-12)22-18-15(17(25)23-19-21-6-7-29-19)9-11-8-14(24(26)27)4-5-16(11)28-18/h1-10H,(H,21,23,25). The van der Waals surface area contributed by atoms with Crippen molar-refractivity contribution in [1.82, 2.24) is 4.98 Å². The number of aromatic nitrogens is 1. The van der Waals surface area contributed by atoms with Crippen molar-refractivity contribution >= 4 is 56.3 Å². The molecule has 4 rings (SSSR count). The molecule has 0 saturated carbocycles. The number of rotatable bonds is 4. The number of hydrogen-bond donors (Lipinski definition) is 1. The highest BCUT2D eigenvalue weighted by Gasteiger charge is 2.16. The number of thiazole rings is 1. The summed E-state index contributed by atoms with van der Waals surface area (Å²) in [7, 11) is 0. The number of halogens is 1. The van der Waals surface area contributed by atoms with E-state index in [4.69, 9.17) is 16.0 Å². The Balaban J connectivity index is 1.90. The zero-order valence-electron chi connectivity index (χ0n) is 14.5. The summed E-state index contributed by atoms with van der Waals surface area (Å²) < 4.78 is 5.80. The molecule has 0 aliphatic heterocycles. The molecular formula is C19H11ClN4O4S. The van der Waals surface area contributed by atoms with E-state index in [0.717, 1.165) is 0 Å². The highest BCUT2D eigenvalue weighted by Crippen LogP contribution is 2.22. The Morgan fingerprint density at radius 2 is 2.10 bits per heavy atom. The number of non-ortho nitro benzene ring substituents is 1. The zero-order chi connectivity index (χ0) is 20.4. The van der Waals surface area contributed by atoms with Crippen molar-refractivity contribution in [2.75, 3.05) is 5.32 Å². The van der Waals surface area contributed by atoms with Gasteiger partial charge in [-0.1, -0.05) is 17.7 Å². The Morgan fingerprint density at radius 1 is 1.24 bits per heavy atom. The first-order valence-corrected chi connectivity index (χ1v) is 9.49. The molecular weight excluding hydrogens is 416 g/mol. The number of nitrogens with one attached hydrogen (secondary N) is 1. The number of nitro benzene ring substituents is 1. The van der Waals surface area contributed by atoms with Gasteiger partial charge in [0.25, 0.3) is 11.6 Å². The van der Waals surface area contributed by atoms with E-state index in [0.29, 0.717) is 26.8 Å². The highest BCUT2D eigenvalue weighted by molar-refractivity contribution is 7.13. The summed E-state index contributed by atoms with van der Waals surface area (Å²) in [6, 6.07) is 12.4. The summed E-state index contributed by atoms with van der Waals surface area (Å²) in [5, 5.41) is 16.7. The summed E-state index contributed by atoms with van der Waals surface area (Å²) in [4.78, 5) is 31.8. The lowest BCUT2D eigenvalue weighted by molar-refractivity contribution is -0.384. The number of anilines is 1. The molecule has 29 heavy (non-hydrogen) atoms. The smallest absolute Gasteiger partial charge is 0.270 e. The molecule has 4 aromatic rings. The van der Waals surface area contributed by atoms with Gasteiger partial charge in [0.05, 0.1) is 10.6 Å². The van der Waals surface area contributed by atoms with Crippen LogP contribution in [0.5, 0.6) is 0 Å². The zero-order valence-corrected chi connectivity index (χ0v) is 16.1. The lowest BCUT2D eigenvalue weighted by Gasteiger charge is -2.05. The second-order valence-corrected chi connectivity index (χ2v) is 7.16. The van der Waals surface area contributed by atoms with Gasteiger partial charge in [-0.15, -0.1) is 11.3 Å². The summed E-state index contributed by atoms with van der Waals surface area (Å²) in [5.74, 6) is -0.502. The highest BCUT2D eigenvalue weighted by atomic mass is 35.5. The van der Waals surface area contributed by atoms with E-state index in [-0.39, 0.29) is 16.8 Å². The predicted molar refractivity (Wildman–Crippen MR) is 110 cm³/mol. The van der Waals surface area contributed by atoms with Crippen molar-refractivity contribution in [3.8, 4) is 0 Å². The van der Waals surface area contributed by atoms with Gasteiger partial charge < -0.3 is 4.42 Å². The number of amides is 1. The molecule has 0 spiro atoms. The van der Waals surface area contributed by atoms with Crippen LogP contribution < -0.4 is 10.9 Å². The summed E-state index contributed by atoms with van der Waals surface area (Å²) in [6.45, 7) is 0. The molecule has 0 aliphatic rings. The SMILES string of the molecule is O=C(Nc1nccs1)c1cc2cc([N+](=O)[O-])ccc2oc1=Nc1cccc(Cl)c1. The molecule has 1 N–H and O–H groups in total. The third kappa shape index (κ3) is 4.15. The minimum Gasteiger partial charge on any atom is -0.438 e. The van der Waals surface area contributed by atoms with Gasteiger partial charge in [0.1, 0.15) is 11.1 Å². The van der Waals surface area contributed by atoms with Crippen LogP contribution in [0.3, 0.4) is 0 Å². The van der Waals surface area contributed by atoms with Crippen LogP contribution >= 0.6 is 22.9 Å². The topological polar surface area (TPSA) is 111 Å². The van der Waals surface area contributed by atoms with Crippen molar-refractivity contribution in [3.63, 3.8) is 0 Å². The van der Waals surface area contributed by atoms with E-state index in [1.54, 1.807) is 35.8 Å².